The van der Waals surface area contributed by atoms with Gasteiger partial charge in [0.25, 0.3) is 5.91 Å². The van der Waals surface area contributed by atoms with Gasteiger partial charge in [-0.05, 0) is 25.1 Å². The molecule has 4 N–H and O–H groups in total. The van der Waals surface area contributed by atoms with E-state index in [0.29, 0.717) is 30.3 Å². The van der Waals surface area contributed by atoms with Crippen molar-refractivity contribution in [3.8, 4) is 5.75 Å². The molecule has 7 heteroatoms. The fourth-order valence-electron chi connectivity index (χ4n) is 1.73. The van der Waals surface area contributed by atoms with Crippen LogP contribution in [0.2, 0.25) is 0 Å². The number of hydrogen-bond donors (Lipinski definition) is 3. The van der Waals surface area contributed by atoms with Gasteiger partial charge in [-0.1, -0.05) is 0 Å². The van der Waals surface area contributed by atoms with Crippen molar-refractivity contribution < 1.29 is 19.1 Å². The molecule has 0 fully saturated rings. The number of nitrogens with two attached hydrogens (primary N) is 1. The molecule has 0 bridgehead atoms. The van der Waals surface area contributed by atoms with Gasteiger partial charge in [-0.15, -0.1) is 0 Å². The molecule has 0 saturated heterocycles. The van der Waals surface area contributed by atoms with Crippen molar-refractivity contribution >= 4 is 23.2 Å². The molecule has 1 aromatic carbocycles. The molecule has 2 amide bonds. The van der Waals surface area contributed by atoms with E-state index < -0.39 is 6.10 Å². The van der Waals surface area contributed by atoms with Crippen LogP contribution in [0.1, 0.15) is 6.92 Å². The summed E-state index contributed by atoms with van der Waals surface area (Å²) < 4.78 is 10.4. The van der Waals surface area contributed by atoms with Crippen LogP contribution in [0.5, 0.6) is 5.75 Å². The number of anilines is 2. The van der Waals surface area contributed by atoms with E-state index in [2.05, 4.69) is 10.6 Å². The Labute approximate surface area is 116 Å². The number of carbonyl (C=O) groups is 2. The van der Waals surface area contributed by atoms with E-state index >= 15 is 0 Å². The second-order valence-electron chi connectivity index (χ2n) is 4.35. The summed E-state index contributed by atoms with van der Waals surface area (Å²) in [5, 5.41) is 5.38. The minimum Gasteiger partial charge on any atom is -0.479 e. The SMILES string of the molecule is CC1Oc2ccc(NC(=O)COCCN)cc2NC1=O. The second kappa shape index (κ2) is 6.36. The van der Waals surface area contributed by atoms with Crippen molar-refractivity contribution in [2.24, 2.45) is 5.73 Å². The summed E-state index contributed by atoms with van der Waals surface area (Å²) in [6.45, 7) is 2.31. The number of nitrogens with one attached hydrogen (secondary N) is 2. The van der Waals surface area contributed by atoms with Gasteiger partial charge in [0.05, 0.1) is 12.3 Å². The zero-order valence-electron chi connectivity index (χ0n) is 11.1. The van der Waals surface area contributed by atoms with Crippen LogP contribution in [0.25, 0.3) is 0 Å². The molecule has 20 heavy (non-hydrogen) atoms. The van der Waals surface area contributed by atoms with Gasteiger partial charge in [0.2, 0.25) is 5.91 Å². The average molecular weight is 279 g/mol. The largest absolute Gasteiger partial charge is 0.479 e. The van der Waals surface area contributed by atoms with Crippen molar-refractivity contribution in [1.82, 2.24) is 0 Å². The average Bonchev–Trinajstić information content (AvgIpc) is 2.41. The zero-order chi connectivity index (χ0) is 14.5. The summed E-state index contributed by atoms with van der Waals surface area (Å²) in [6.07, 6.45) is -0.521. The molecular formula is C13H17N3O4. The highest BCUT2D eigenvalue weighted by Crippen LogP contribution is 2.32. The van der Waals surface area contributed by atoms with E-state index in [-0.39, 0.29) is 18.4 Å². The summed E-state index contributed by atoms with van der Waals surface area (Å²) in [4.78, 5) is 23.1. The van der Waals surface area contributed by atoms with Crippen LogP contribution in [0, 0.1) is 0 Å². The number of hydrogen-bond acceptors (Lipinski definition) is 5. The predicted octanol–water partition coefficient (Wildman–Crippen LogP) is 0.320. The Morgan fingerprint density at radius 1 is 1.55 bits per heavy atom. The molecule has 7 nitrogen and oxygen atoms in total. The highest BCUT2D eigenvalue weighted by Gasteiger charge is 2.23. The first-order chi connectivity index (χ1) is 9.60. The van der Waals surface area contributed by atoms with E-state index in [1.807, 2.05) is 0 Å². The number of amides is 2. The third-order valence-corrected chi connectivity index (χ3v) is 2.69. The number of benzene rings is 1. The summed E-state index contributed by atoms with van der Waals surface area (Å²) in [7, 11) is 0. The highest BCUT2D eigenvalue weighted by atomic mass is 16.5. The van der Waals surface area contributed by atoms with Crippen molar-refractivity contribution in [2.45, 2.75) is 13.0 Å². The fourth-order valence-corrected chi connectivity index (χ4v) is 1.73. The number of fused-ring (bicyclic) bond motifs is 1. The Bertz CT molecular complexity index is 518. The molecule has 1 heterocycles. The zero-order valence-corrected chi connectivity index (χ0v) is 11.1. The van der Waals surface area contributed by atoms with Gasteiger partial charge in [0, 0.05) is 12.2 Å². The molecule has 1 unspecified atom stereocenters. The Hall–Kier alpha value is -2.12. The first-order valence-electron chi connectivity index (χ1n) is 6.29. The predicted molar refractivity (Wildman–Crippen MR) is 73.7 cm³/mol. The maximum atomic E-state index is 11.6. The van der Waals surface area contributed by atoms with E-state index in [4.69, 9.17) is 15.2 Å². The molecule has 108 valence electrons. The molecule has 0 aromatic heterocycles. The maximum absolute atomic E-state index is 11.6. The normalized spacial score (nSPS) is 16.9. The molecule has 1 aliphatic rings. The van der Waals surface area contributed by atoms with Crippen LogP contribution < -0.4 is 21.1 Å². The molecule has 1 aromatic rings. The van der Waals surface area contributed by atoms with Crippen molar-refractivity contribution in [2.75, 3.05) is 30.4 Å². The van der Waals surface area contributed by atoms with E-state index in [9.17, 15) is 9.59 Å². The Kier molecular flexibility index (Phi) is 4.54. The topological polar surface area (TPSA) is 103 Å². The van der Waals surface area contributed by atoms with Crippen LogP contribution in [-0.2, 0) is 14.3 Å². The van der Waals surface area contributed by atoms with Gasteiger partial charge in [-0.3, -0.25) is 9.59 Å². The lowest BCUT2D eigenvalue weighted by atomic mass is 10.2. The molecule has 0 aliphatic carbocycles. The third kappa shape index (κ3) is 3.46. The van der Waals surface area contributed by atoms with Gasteiger partial charge in [-0.25, -0.2) is 0 Å². The Morgan fingerprint density at radius 3 is 3.10 bits per heavy atom. The fraction of sp³-hybridized carbons (Fsp3) is 0.385. The van der Waals surface area contributed by atoms with Crippen LogP contribution in [0.15, 0.2) is 18.2 Å². The van der Waals surface area contributed by atoms with Crippen LogP contribution in [-0.4, -0.2) is 37.7 Å². The van der Waals surface area contributed by atoms with Gasteiger partial charge < -0.3 is 25.8 Å². The minimum atomic E-state index is -0.521. The first kappa shape index (κ1) is 14.3. The molecule has 0 saturated carbocycles. The van der Waals surface area contributed by atoms with Crippen LogP contribution in [0.3, 0.4) is 0 Å². The van der Waals surface area contributed by atoms with E-state index in [1.165, 1.54) is 0 Å². The number of rotatable bonds is 5. The Balaban J connectivity index is 1.99. The Morgan fingerprint density at radius 2 is 2.35 bits per heavy atom. The van der Waals surface area contributed by atoms with Crippen molar-refractivity contribution in [1.29, 1.82) is 0 Å². The monoisotopic (exact) mass is 279 g/mol. The lowest BCUT2D eigenvalue weighted by molar-refractivity contribution is -0.122. The summed E-state index contributed by atoms with van der Waals surface area (Å²) >= 11 is 0. The molecule has 0 spiro atoms. The lowest BCUT2D eigenvalue weighted by Gasteiger charge is -2.23. The van der Waals surface area contributed by atoms with E-state index in [1.54, 1.807) is 25.1 Å². The van der Waals surface area contributed by atoms with Crippen LogP contribution >= 0.6 is 0 Å². The second-order valence-corrected chi connectivity index (χ2v) is 4.35. The van der Waals surface area contributed by atoms with Crippen molar-refractivity contribution in [3.63, 3.8) is 0 Å². The summed E-state index contributed by atoms with van der Waals surface area (Å²) in [5.74, 6) is 0.0801. The lowest BCUT2D eigenvalue weighted by Crippen LogP contribution is -2.34. The van der Waals surface area contributed by atoms with Gasteiger partial charge >= 0.3 is 0 Å². The third-order valence-electron chi connectivity index (χ3n) is 2.69. The first-order valence-corrected chi connectivity index (χ1v) is 6.29. The summed E-state index contributed by atoms with van der Waals surface area (Å²) in [6, 6.07) is 5.03. The minimum absolute atomic E-state index is 0.0613. The van der Waals surface area contributed by atoms with E-state index in [0.717, 1.165) is 0 Å². The van der Waals surface area contributed by atoms with Gasteiger partial charge in [-0.2, -0.15) is 0 Å². The van der Waals surface area contributed by atoms with Gasteiger partial charge in [0.1, 0.15) is 12.4 Å². The quantitative estimate of drug-likeness (QED) is 0.674. The molecule has 1 aliphatic heterocycles. The van der Waals surface area contributed by atoms with Crippen molar-refractivity contribution in [3.05, 3.63) is 18.2 Å². The highest BCUT2D eigenvalue weighted by molar-refractivity contribution is 5.99. The van der Waals surface area contributed by atoms with Crippen LogP contribution in [0.4, 0.5) is 11.4 Å². The molecule has 2 rings (SSSR count). The van der Waals surface area contributed by atoms with Gasteiger partial charge in [0.15, 0.2) is 6.10 Å². The molecular weight excluding hydrogens is 262 g/mol. The number of ether oxygens (including phenoxy) is 2. The summed E-state index contributed by atoms with van der Waals surface area (Å²) in [5.41, 5.74) is 6.35. The maximum Gasteiger partial charge on any atom is 0.265 e. The number of carbonyl (C=O) groups excluding carboxylic acids is 2. The molecule has 1 atom stereocenters. The molecule has 0 radical (unpaired) electrons. The standard InChI is InChI=1S/C13H17N3O4/c1-8-13(18)16-10-6-9(2-3-11(10)20-8)15-12(17)7-19-5-4-14/h2-3,6,8H,4-5,7,14H2,1H3,(H,15,17)(H,16,18). The smallest absolute Gasteiger partial charge is 0.265 e.